The molecule has 2 atom stereocenters. The minimum atomic E-state index is -0.455. The molecule has 3 heteroatoms. The lowest BCUT2D eigenvalue weighted by Crippen LogP contribution is -2.18. The number of rotatable bonds is 2. The van der Waals surface area contributed by atoms with Gasteiger partial charge in [0.15, 0.2) is 0 Å². The van der Waals surface area contributed by atoms with Crippen LogP contribution in [0.3, 0.4) is 0 Å². The van der Waals surface area contributed by atoms with Gasteiger partial charge in [-0.15, -0.1) is 0 Å². The Bertz CT molecular complexity index is 584. The summed E-state index contributed by atoms with van der Waals surface area (Å²) in [6.07, 6.45) is 4.60. The third-order valence-electron chi connectivity index (χ3n) is 3.81. The smallest absolute Gasteiger partial charge is 0.0874 e. The highest BCUT2D eigenvalue weighted by atomic mass is 127. The Morgan fingerprint density at radius 3 is 3.00 bits per heavy atom. The summed E-state index contributed by atoms with van der Waals surface area (Å²) >= 11 is 2.28. The molecular weight excluding hydrogens is 349 g/mol. The minimum Gasteiger partial charge on any atom is -0.388 e. The van der Waals surface area contributed by atoms with E-state index in [9.17, 15) is 5.11 Å². The molecule has 1 aromatic heterocycles. The largest absolute Gasteiger partial charge is 0.388 e. The van der Waals surface area contributed by atoms with Gasteiger partial charge in [-0.2, -0.15) is 0 Å². The second kappa shape index (κ2) is 5.59. The van der Waals surface area contributed by atoms with E-state index in [1.165, 1.54) is 5.56 Å². The SMILES string of the molecule is OC(c1cccc(I)c1)C1CCCc2cccnc21. The van der Waals surface area contributed by atoms with Gasteiger partial charge in [0.1, 0.15) is 0 Å². The lowest BCUT2D eigenvalue weighted by Gasteiger charge is -2.28. The zero-order valence-corrected chi connectivity index (χ0v) is 12.7. The summed E-state index contributed by atoms with van der Waals surface area (Å²) in [6, 6.07) is 12.2. The lowest BCUT2D eigenvalue weighted by atomic mass is 9.81. The van der Waals surface area contributed by atoms with E-state index in [-0.39, 0.29) is 5.92 Å². The van der Waals surface area contributed by atoms with E-state index in [0.29, 0.717) is 0 Å². The first-order valence-corrected chi connectivity index (χ1v) is 7.71. The number of pyridine rings is 1. The Balaban J connectivity index is 1.95. The van der Waals surface area contributed by atoms with Crippen LogP contribution in [0.1, 0.15) is 41.7 Å². The fourth-order valence-corrected chi connectivity index (χ4v) is 3.44. The number of aryl methyl sites for hydroxylation is 1. The van der Waals surface area contributed by atoms with Crippen molar-refractivity contribution >= 4 is 22.6 Å². The van der Waals surface area contributed by atoms with E-state index in [0.717, 1.165) is 34.1 Å². The molecule has 2 unspecified atom stereocenters. The van der Waals surface area contributed by atoms with Crippen LogP contribution in [-0.4, -0.2) is 10.1 Å². The maximum atomic E-state index is 10.7. The van der Waals surface area contributed by atoms with Crippen molar-refractivity contribution in [2.45, 2.75) is 31.3 Å². The third kappa shape index (κ3) is 2.67. The molecule has 0 spiro atoms. The number of halogens is 1. The van der Waals surface area contributed by atoms with Crippen LogP contribution >= 0.6 is 22.6 Å². The van der Waals surface area contributed by atoms with Gasteiger partial charge in [0.25, 0.3) is 0 Å². The van der Waals surface area contributed by atoms with Crippen molar-refractivity contribution in [3.05, 3.63) is 63.0 Å². The third-order valence-corrected chi connectivity index (χ3v) is 4.48. The van der Waals surface area contributed by atoms with Gasteiger partial charge in [-0.25, -0.2) is 0 Å². The molecule has 1 heterocycles. The molecule has 0 amide bonds. The topological polar surface area (TPSA) is 33.1 Å². The first-order valence-electron chi connectivity index (χ1n) is 6.63. The second-order valence-electron chi connectivity index (χ2n) is 5.05. The standard InChI is InChI=1S/C16H16INO/c17-13-7-1-5-12(10-13)16(19)14-8-2-4-11-6-3-9-18-15(11)14/h1,3,5-7,9-10,14,16,19H,2,4,8H2. The van der Waals surface area contributed by atoms with E-state index >= 15 is 0 Å². The van der Waals surface area contributed by atoms with E-state index in [4.69, 9.17) is 0 Å². The summed E-state index contributed by atoms with van der Waals surface area (Å²) in [4.78, 5) is 4.51. The number of hydrogen-bond acceptors (Lipinski definition) is 2. The molecule has 2 aromatic rings. The fraction of sp³-hybridized carbons (Fsp3) is 0.312. The van der Waals surface area contributed by atoms with Gasteiger partial charge in [0.05, 0.1) is 6.10 Å². The normalized spacial score (nSPS) is 19.8. The first kappa shape index (κ1) is 13.1. The molecule has 0 saturated heterocycles. The van der Waals surface area contributed by atoms with Crippen LogP contribution in [-0.2, 0) is 6.42 Å². The Kier molecular flexibility index (Phi) is 3.84. The summed E-state index contributed by atoms with van der Waals surface area (Å²) in [6.45, 7) is 0. The number of aromatic nitrogens is 1. The number of aliphatic hydroxyl groups is 1. The summed E-state index contributed by atoms with van der Waals surface area (Å²) in [5.41, 5.74) is 3.37. The zero-order valence-electron chi connectivity index (χ0n) is 10.6. The molecule has 1 aliphatic rings. The van der Waals surface area contributed by atoms with Gasteiger partial charge in [-0.05, 0) is 71.2 Å². The number of aliphatic hydroxyl groups excluding tert-OH is 1. The predicted molar refractivity (Wildman–Crippen MR) is 84.0 cm³/mol. The van der Waals surface area contributed by atoms with Gasteiger partial charge < -0.3 is 5.11 Å². The fourth-order valence-electron chi connectivity index (χ4n) is 2.88. The summed E-state index contributed by atoms with van der Waals surface area (Å²) < 4.78 is 1.16. The molecule has 1 N–H and O–H groups in total. The summed E-state index contributed by atoms with van der Waals surface area (Å²) in [5.74, 6) is 0.128. The zero-order chi connectivity index (χ0) is 13.2. The van der Waals surface area contributed by atoms with Crippen LogP contribution in [0.5, 0.6) is 0 Å². The maximum absolute atomic E-state index is 10.7. The van der Waals surface area contributed by atoms with Gasteiger partial charge >= 0.3 is 0 Å². The van der Waals surface area contributed by atoms with Crippen molar-refractivity contribution in [3.63, 3.8) is 0 Å². The minimum absolute atomic E-state index is 0.128. The lowest BCUT2D eigenvalue weighted by molar-refractivity contribution is 0.134. The van der Waals surface area contributed by atoms with Gasteiger partial charge in [0, 0.05) is 21.4 Å². The average molecular weight is 365 g/mol. The van der Waals surface area contributed by atoms with Gasteiger partial charge in [-0.1, -0.05) is 18.2 Å². The molecule has 0 radical (unpaired) electrons. The Morgan fingerprint density at radius 2 is 2.16 bits per heavy atom. The highest BCUT2D eigenvalue weighted by Crippen LogP contribution is 2.39. The molecule has 0 fully saturated rings. The van der Waals surface area contributed by atoms with Crippen molar-refractivity contribution in [2.24, 2.45) is 0 Å². The Morgan fingerprint density at radius 1 is 1.26 bits per heavy atom. The number of nitrogens with zero attached hydrogens (tertiary/aromatic N) is 1. The van der Waals surface area contributed by atoms with Crippen LogP contribution in [0, 0.1) is 3.57 Å². The summed E-state index contributed by atoms with van der Waals surface area (Å²) in [7, 11) is 0. The van der Waals surface area contributed by atoms with Gasteiger partial charge in [-0.3, -0.25) is 4.98 Å². The van der Waals surface area contributed by atoms with Crippen LogP contribution in [0.15, 0.2) is 42.6 Å². The molecule has 1 aromatic carbocycles. The Labute approximate surface area is 127 Å². The first-order chi connectivity index (χ1) is 9.25. The molecule has 98 valence electrons. The molecule has 2 nitrogen and oxygen atoms in total. The van der Waals surface area contributed by atoms with Crippen molar-refractivity contribution < 1.29 is 5.11 Å². The van der Waals surface area contributed by atoms with E-state index in [1.54, 1.807) is 0 Å². The predicted octanol–water partition coefficient (Wildman–Crippen LogP) is 3.84. The van der Waals surface area contributed by atoms with Crippen LogP contribution in [0.25, 0.3) is 0 Å². The average Bonchev–Trinajstić information content (AvgIpc) is 2.46. The molecule has 1 aliphatic carbocycles. The highest BCUT2D eigenvalue weighted by molar-refractivity contribution is 14.1. The quantitative estimate of drug-likeness (QED) is 0.821. The molecule has 0 saturated carbocycles. The van der Waals surface area contributed by atoms with E-state index in [2.05, 4.69) is 39.7 Å². The van der Waals surface area contributed by atoms with Crippen molar-refractivity contribution in [1.29, 1.82) is 0 Å². The molecule has 3 rings (SSSR count). The van der Waals surface area contributed by atoms with Crippen molar-refractivity contribution in [2.75, 3.05) is 0 Å². The van der Waals surface area contributed by atoms with Crippen molar-refractivity contribution in [1.82, 2.24) is 4.98 Å². The molecular formula is C16H16INO. The van der Waals surface area contributed by atoms with E-state index in [1.807, 2.05) is 30.5 Å². The number of hydrogen-bond donors (Lipinski definition) is 1. The van der Waals surface area contributed by atoms with Crippen LogP contribution < -0.4 is 0 Å². The van der Waals surface area contributed by atoms with Gasteiger partial charge in [0.2, 0.25) is 0 Å². The maximum Gasteiger partial charge on any atom is 0.0874 e. The number of fused-ring (bicyclic) bond motifs is 1. The monoisotopic (exact) mass is 365 g/mol. The number of benzene rings is 1. The van der Waals surface area contributed by atoms with Crippen molar-refractivity contribution in [3.8, 4) is 0 Å². The van der Waals surface area contributed by atoms with Crippen LogP contribution in [0.2, 0.25) is 0 Å². The highest BCUT2D eigenvalue weighted by Gasteiger charge is 2.28. The van der Waals surface area contributed by atoms with Crippen LogP contribution in [0.4, 0.5) is 0 Å². The molecule has 0 bridgehead atoms. The van der Waals surface area contributed by atoms with E-state index < -0.39 is 6.10 Å². The Hall–Kier alpha value is -0.940. The molecule has 19 heavy (non-hydrogen) atoms. The second-order valence-corrected chi connectivity index (χ2v) is 6.29. The summed E-state index contributed by atoms with van der Waals surface area (Å²) in [5, 5.41) is 10.7. The molecule has 0 aliphatic heterocycles.